The molecule has 162 valence electrons. The summed E-state index contributed by atoms with van der Waals surface area (Å²) in [5.41, 5.74) is 0.546. The van der Waals surface area contributed by atoms with Crippen LogP contribution in [-0.2, 0) is 23.8 Å². The standard InChI is InChI=1S/C22H21NO8/c1-5-28-19(24)14-8-9-23-18(12-14)29-16-7-6-13(11-17(16)27-4)10-15-20(25)30-22(2,3)31-21(15)26/h6-12H,5H2,1-4H3. The number of pyridine rings is 1. The van der Waals surface area contributed by atoms with Gasteiger partial charge in [0.2, 0.25) is 5.88 Å². The van der Waals surface area contributed by atoms with Crippen molar-refractivity contribution in [3.8, 4) is 17.4 Å². The fourth-order valence-electron chi connectivity index (χ4n) is 2.72. The summed E-state index contributed by atoms with van der Waals surface area (Å²) in [5, 5.41) is 0. The molecule has 31 heavy (non-hydrogen) atoms. The number of nitrogens with zero attached hydrogens (tertiary/aromatic N) is 1. The lowest BCUT2D eigenvalue weighted by Crippen LogP contribution is -2.41. The van der Waals surface area contributed by atoms with Crippen LogP contribution in [0.3, 0.4) is 0 Å². The van der Waals surface area contributed by atoms with Crippen LogP contribution in [0.4, 0.5) is 0 Å². The highest BCUT2D eigenvalue weighted by atomic mass is 16.7. The molecule has 0 N–H and O–H groups in total. The molecule has 9 nitrogen and oxygen atoms in total. The minimum atomic E-state index is -1.31. The number of benzene rings is 1. The third-order valence-corrected chi connectivity index (χ3v) is 4.08. The number of cyclic esters (lactones) is 2. The lowest BCUT2D eigenvalue weighted by molar-refractivity contribution is -0.222. The number of carbonyl (C=O) groups excluding carboxylic acids is 3. The zero-order chi connectivity index (χ0) is 22.6. The molecule has 1 aromatic heterocycles. The van der Waals surface area contributed by atoms with Crippen LogP contribution >= 0.6 is 0 Å². The molecule has 9 heteroatoms. The van der Waals surface area contributed by atoms with Crippen LogP contribution in [0.1, 0.15) is 36.7 Å². The Morgan fingerprint density at radius 3 is 2.45 bits per heavy atom. The zero-order valence-corrected chi connectivity index (χ0v) is 17.5. The molecule has 0 saturated carbocycles. The van der Waals surface area contributed by atoms with Gasteiger partial charge in [-0.15, -0.1) is 0 Å². The van der Waals surface area contributed by atoms with E-state index >= 15 is 0 Å². The van der Waals surface area contributed by atoms with Gasteiger partial charge in [0.15, 0.2) is 11.5 Å². The van der Waals surface area contributed by atoms with E-state index in [4.69, 9.17) is 23.7 Å². The number of methoxy groups -OCH3 is 1. The first-order valence-electron chi connectivity index (χ1n) is 9.40. The molecule has 2 heterocycles. The number of aromatic nitrogens is 1. The maximum absolute atomic E-state index is 12.1. The van der Waals surface area contributed by atoms with Crippen molar-refractivity contribution in [3.05, 3.63) is 53.2 Å². The van der Waals surface area contributed by atoms with Crippen molar-refractivity contribution >= 4 is 24.0 Å². The molecule has 0 spiro atoms. The van der Waals surface area contributed by atoms with E-state index in [9.17, 15) is 14.4 Å². The predicted molar refractivity (Wildman–Crippen MR) is 108 cm³/mol. The normalized spacial score (nSPS) is 14.9. The molecule has 2 aromatic rings. The third-order valence-electron chi connectivity index (χ3n) is 4.08. The Kier molecular flexibility index (Phi) is 6.24. The van der Waals surface area contributed by atoms with Gasteiger partial charge in [-0.1, -0.05) is 6.07 Å². The largest absolute Gasteiger partial charge is 0.493 e. The molecule has 0 aliphatic carbocycles. The molecule has 1 aromatic carbocycles. The van der Waals surface area contributed by atoms with E-state index in [1.165, 1.54) is 45.4 Å². The summed E-state index contributed by atoms with van der Waals surface area (Å²) in [6, 6.07) is 7.72. The number of esters is 3. The number of hydrogen-bond acceptors (Lipinski definition) is 9. The summed E-state index contributed by atoms with van der Waals surface area (Å²) in [5.74, 6) is -2.56. The lowest BCUT2D eigenvalue weighted by atomic mass is 10.1. The van der Waals surface area contributed by atoms with E-state index in [-0.39, 0.29) is 18.1 Å². The third kappa shape index (κ3) is 5.19. The molecule has 1 saturated heterocycles. The Morgan fingerprint density at radius 2 is 1.81 bits per heavy atom. The summed E-state index contributed by atoms with van der Waals surface area (Å²) >= 11 is 0. The number of ether oxygens (including phenoxy) is 5. The molecule has 0 radical (unpaired) electrons. The van der Waals surface area contributed by atoms with E-state index in [0.717, 1.165) is 0 Å². The highest BCUT2D eigenvalue weighted by molar-refractivity contribution is 6.18. The minimum Gasteiger partial charge on any atom is -0.493 e. The quantitative estimate of drug-likeness (QED) is 0.389. The van der Waals surface area contributed by atoms with Crippen molar-refractivity contribution in [1.29, 1.82) is 0 Å². The van der Waals surface area contributed by atoms with Crippen LogP contribution in [0.15, 0.2) is 42.1 Å². The Bertz CT molecular complexity index is 1040. The number of hydrogen-bond donors (Lipinski definition) is 0. The van der Waals surface area contributed by atoms with Gasteiger partial charge in [0.1, 0.15) is 5.57 Å². The molecule has 1 aliphatic heterocycles. The average molecular weight is 427 g/mol. The summed E-state index contributed by atoms with van der Waals surface area (Å²) in [6.45, 7) is 4.91. The van der Waals surface area contributed by atoms with Crippen LogP contribution in [0.2, 0.25) is 0 Å². The summed E-state index contributed by atoms with van der Waals surface area (Å²) in [7, 11) is 1.44. The summed E-state index contributed by atoms with van der Waals surface area (Å²) in [6.07, 6.45) is 2.76. The van der Waals surface area contributed by atoms with E-state index in [2.05, 4.69) is 4.98 Å². The monoisotopic (exact) mass is 427 g/mol. The van der Waals surface area contributed by atoms with Crippen LogP contribution in [-0.4, -0.2) is 42.4 Å². The van der Waals surface area contributed by atoms with Gasteiger partial charge >= 0.3 is 17.9 Å². The van der Waals surface area contributed by atoms with Crippen molar-refractivity contribution in [1.82, 2.24) is 4.98 Å². The first-order valence-corrected chi connectivity index (χ1v) is 9.40. The molecule has 0 amide bonds. The maximum atomic E-state index is 12.1. The Balaban J connectivity index is 1.84. The second-order valence-corrected chi connectivity index (χ2v) is 6.85. The van der Waals surface area contributed by atoms with Gasteiger partial charge in [-0.3, -0.25) is 0 Å². The summed E-state index contributed by atoms with van der Waals surface area (Å²) in [4.78, 5) is 40.2. The number of carbonyl (C=O) groups is 3. The SMILES string of the molecule is CCOC(=O)c1ccnc(Oc2ccc(C=C3C(=O)OC(C)(C)OC3=O)cc2OC)c1. The fourth-order valence-corrected chi connectivity index (χ4v) is 2.72. The van der Waals surface area contributed by atoms with Gasteiger partial charge in [-0.25, -0.2) is 19.4 Å². The van der Waals surface area contributed by atoms with Gasteiger partial charge in [0, 0.05) is 26.1 Å². The van der Waals surface area contributed by atoms with Crippen LogP contribution < -0.4 is 9.47 Å². The van der Waals surface area contributed by atoms with Gasteiger partial charge in [0.25, 0.3) is 5.79 Å². The van der Waals surface area contributed by atoms with E-state index in [1.54, 1.807) is 25.1 Å². The molecule has 1 aliphatic rings. The molecule has 0 unspecified atom stereocenters. The Labute approximate surface area is 178 Å². The second kappa shape index (κ2) is 8.86. The van der Waals surface area contributed by atoms with E-state index in [1.807, 2.05) is 0 Å². The minimum absolute atomic E-state index is 0.164. The van der Waals surface area contributed by atoms with E-state index in [0.29, 0.717) is 22.6 Å². The van der Waals surface area contributed by atoms with Gasteiger partial charge in [-0.05, 0) is 36.8 Å². The van der Waals surface area contributed by atoms with Crippen molar-refractivity contribution in [2.24, 2.45) is 0 Å². The van der Waals surface area contributed by atoms with Crippen molar-refractivity contribution in [2.45, 2.75) is 26.6 Å². The molecule has 0 bridgehead atoms. The summed E-state index contributed by atoms with van der Waals surface area (Å²) < 4.78 is 26.2. The fraction of sp³-hybridized carbons (Fsp3) is 0.273. The number of rotatable bonds is 6. The molecular formula is C22H21NO8. The van der Waals surface area contributed by atoms with Gasteiger partial charge in [-0.2, -0.15) is 0 Å². The Hall–Kier alpha value is -3.88. The van der Waals surface area contributed by atoms with E-state index < -0.39 is 23.7 Å². The van der Waals surface area contributed by atoms with Crippen molar-refractivity contribution in [3.63, 3.8) is 0 Å². The highest BCUT2D eigenvalue weighted by Gasteiger charge is 2.38. The van der Waals surface area contributed by atoms with Gasteiger partial charge in [0.05, 0.1) is 19.3 Å². The molecule has 1 fully saturated rings. The highest BCUT2D eigenvalue weighted by Crippen LogP contribution is 2.33. The van der Waals surface area contributed by atoms with Crippen LogP contribution in [0, 0.1) is 0 Å². The second-order valence-electron chi connectivity index (χ2n) is 6.85. The average Bonchev–Trinajstić information content (AvgIpc) is 2.71. The first-order chi connectivity index (χ1) is 14.7. The zero-order valence-electron chi connectivity index (χ0n) is 17.5. The lowest BCUT2D eigenvalue weighted by Gasteiger charge is -2.29. The molecule has 3 rings (SSSR count). The van der Waals surface area contributed by atoms with Gasteiger partial charge < -0.3 is 23.7 Å². The molecular weight excluding hydrogens is 406 g/mol. The smallest absolute Gasteiger partial charge is 0.348 e. The molecule has 0 atom stereocenters. The van der Waals surface area contributed by atoms with Crippen LogP contribution in [0.25, 0.3) is 6.08 Å². The van der Waals surface area contributed by atoms with Crippen molar-refractivity contribution < 1.29 is 38.1 Å². The maximum Gasteiger partial charge on any atom is 0.348 e. The topological polar surface area (TPSA) is 110 Å². The van der Waals surface area contributed by atoms with Crippen molar-refractivity contribution in [2.75, 3.05) is 13.7 Å². The first kappa shape index (κ1) is 21.8. The Morgan fingerprint density at radius 1 is 1.10 bits per heavy atom. The predicted octanol–water partition coefficient (Wildman–Crippen LogP) is 3.28. The van der Waals surface area contributed by atoms with Crippen LogP contribution in [0.5, 0.6) is 17.4 Å².